The Hall–Kier alpha value is -3.71. The van der Waals surface area contributed by atoms with Crippen LogP contribution >= 0.6 is 11.3 Å². The monoisotopic (exact) mass is 411 g/mol. The van der Waals surface area contributed by atoms with Crippen molar-refractivity contribution >= 4 is 40.7 Å². The lowest BCUT2D eigenvalue weighted by Gasteiger charge is -2.26. The number of hydrogen-bond donors (Lipinski definition) is 1. The number of hydrogen-bond acceptors (Lipinski definition) is 8. The molecule has 148 valence electrons. The van der Waals surface area contributed by atoms with Gasteiger partial charge >= 0.3 is 5.97 Å². The average Bonchev–Trinajstić information content (AvgIpc) is 3.03. The third-order valence-electron chi connectivity index (χ3n) is 4.37. The second kappa shape index (κ2) is 7.73. The summed E-state index contributed by atoms with van der Waals surface area (Å²) < 4.78 is 5.99. The minimum Gasteiger partial charge on any atom is -0.466 e. The van der Waals surface area contributed by atoms with Gasteiger partial charge in [-0.15, -0.1) is 11.3 Å². The number of methoxy groups -OCH3 is 1. The van der Waals surface area contributed by atoms with Gasteiger partial charge in [-0.25, -0.2) is 4.79 Å². The minimum atomic E-state index is -0.798. The van der Waals surface area contributed by atoms with Crippen LogP contribution in [0.5, 0.6) is 0 Å². The zero-order valence-corrected chi connectivity index (χ0v) is 16.7. The Morgan fingerprint density at radius 2 is 2.17 bits per heavy atom. The summed E-state index contributed by atoms with van der Waals surface area (Å²) in [6.45, 7) is 0. The molecule has 0 radical (unpaired) electrons. The normalized spacial score (nSPS) is 16.3. The van der Waals surface area contributed by atoms with E-state index in [1.165, 1.54) is 12.0 Å². The molecule has 3 heterocycles. The van der Waals surface area contributed by atoms with Gasteiger partial charge in [-0.2, -0.15) is 5.26 Å². The molecule has 0 aliphatic carbocycles. The maximum absolute atomic E-state index is 13.1. The summed E-state index contributed by atoms with van der Waals surface area (Å²) >= 11 is 0.940. The first-order valence-electron chi connectivity index (χ1n) is 8.39. The molecule has 0 saturated carbocycles. The molecule has 29 heavy (non-hydrogen) atoms. The number of aromatic nitrogens is 2. The Morgan fingerprint density at radius 3 is 2.72 bits per heavy atom. The van der Waals surface area contributed by atoms with Crippen LogP contribution in [0.1, 0.15) is 11.5 Å². The molecule has 1 unspecified atom stereocenters. The van der Waals surface area contributed by atoms with Crippen molar-refractivity contribution in [1.29, 1.82) is 5.26 Å². The van der Waals surface area contributed by atoms with E-state index in [4.69, 9.17) is 5.73 Å². The lowest BCUT2D eigenvalue weighted by atomic mass is 9.84. The molecule has 0 saturated heterocycles. The van der Waals surface area contributed by atoms with Crippen molar-refractivity contribution in [3.05, 3.63) is 55.2 Å². The molecule has 3 rings (SSSR count). The smallest absolute Gasteiger partial charge is 0.332 e. The molecule has 1 aliphatic rings. The molecule has 0 bridgehead atoms. The number of carbonyl (C=O) groups excluding carboxylic acids is 2. The summed E-state index contributed by atoms with van der Waals surface area (Å²) in [6.07, 6.45) is 4.15. The van der Waals surface area contributed by atoms with Crippen molar-refractivity contribution in [2.24, 2.45) is 5.73 Å². The number of pyridine rings is 1. The highest BCUT2D eigenvalue weighted by atomic mass is 32.1. The first-order valence-corrected chi connectivity index (χ1v) is 9.20. The average molecular weight is 411 g/mol. The Bertz CT molecular complexity index is 1250. The predicted octanol–water partition coefficient (Wildman–Crippen LogP) is -1.05. The van der Waals surface area contributed by atoms with E-state index in [1.807, 2.05) is 6.07 Å². The van der Waals surface area contributed by atoms with Gasteiger partial charge in [-0.05, 0) is 11.6 Å². The van der Waals surface area contributed by atoms with Gasteiger partial charge in [0.1, 0.15) is 15.0 Å². The topological polar surface area (TPSA) is 131 Å². The van der Waals surface area contributed by atoms with Crippen molar-refractivity contribution in [1.82, 2.24) is 14.5 Å². The van der Waals surface area contributed by atoms with E-state index in [0.29, 0.717) is 5.56 Å². The van der Waals surface area contributed by atoms with E-state index < -0.39 is 23.4 Å². The van der Waals surface area contributed by atoms with Crippen molar-refractivity contribution in [3.63, 3.8) is 0 Å². The summed E-state index contributed by atoms with van der Waals surface area (Å²) in [5, 5.41) is 9.80. The summed E-state index contributed by atoms with van der Waals surface area (Å²) in [4.78, 5) is 43.1. The third-order valence-corrected chi connectivity index (χ3v) is 5.48. The fourth-order valence-electron chi connectivity index (χ4n) is 3.04. The first kappa shape index (κ1) is 20.0. The van der Waals surface area contributed by atoms with Crippen LogP contribution in [-0.4, -0.2) is 47.5 Å². The zero-order chi connectivity index (χ0) is 21.3. The highest BCUT2D eigenvalue weighted by Crippen LogP contribution is 2.36. The Labute approximate surface area is 169 Å². The first-order chi connectivity index (χ1) is 13.8. The van der Waals surface area contributed by atoms with Gasteiger partial charge in [-0.1, -0.05) is 6.07 Å². The van der Waals surface area contributed by atoms with Gasteiger partial charge < -0.3 is 15.4 Å². The third kappa shape index (κ3) is 3.32. The van der Waals surface area contributed by atoms with E-state index in [9.17, 15) is 19.6 Å². The van der Waals surface area contributed by atoms with Crippen molar-refractivity contribution in [3.8, 4) is 6.07 Å². The van der Waals surface area contributed by atoms with Crippen molar-refractivity contribution < 1.29 is 14.3 Å². The van der Waals surface area contributed by atoms with Gasteiger partial charge in [0.05, 0.1) is 30.2 Å². The van der Waals surface area contributed by atoms with Gasteiger partial charge in [0.25, 0.3) is 11.5 Å². The van der Waals surface area contributed by atoms with Crippen LogP contribution in [0, 0.1) is 11.3 Å². The Balaban J connectivity index is 2.51. The van der Waals surface area contributed by atoms with Gasteiger partial charge in [0.2, 0.25) is 0 Å². The molecule has 1 amide bonds. The fourth-order valence-corrected chi connectivity index (χ4v) is 4.17. The number of carbonyl (C=O) groups is 2. The molecule has 10 heteroatoms. The van der Waals surface area contributed by atoms with Gasteiger partial charge in [0.15, 0.2) is 0 Å². The molecular formula is C19H17N5O4S. The number of nitriles is 1. The number of nitrogens with zero attached hydrogens (tertiary/aromatic N) is 4. The van der Waals surface area contributed by atoms with Gasteiger partial charge in [-0.3, -0.25) is 19.1 Å². The lowest BCUT2D eigenvalue weighted by molar-refractivity contribution is -0.133. The number of thiazole rings is 1. The SMILES string of the molecule is COC(=O)C=c1sc2n(c1=O)C(N)=C(C#N)C(c1cccnc1)C=2C(=O)N(C)C. The molecule has 0 spiro atoms. The number of ether oxygens (including phenoxy) is 1. The lowest BCUT2D eigenvalue weighted by Crippen LogP contribution is -2.41. The number of allylic oxidation sites excluding steroid dienone is 1. The second-order valence-corrected chi connectivity index (χ2v) is 7.35. The Kier molecular flexibility index (Phi) is 5.34. The van der Waals surface area contributed by atoms with E-state index in [2.05, 4.69) is 9.72 Å². The maximum atomic E-state index is 13.1. The molecule has 2 aromatic rings. The highest BCUT2D eigenvalue weighted by molar-refractivity contribution is 7.07. The quantitative estimate of drug-likeness (QED) is 0.637. The molecule has 1 atom stereocenters. The van der Waals surface area contributed by atoms with Crippen LogP contribution in [-0.2, 0) is 14.3 Å². The van der Waals surface area contributed by atoms with Crippen molar-refractivity contribution in [2.45, 2.75) is 5.92 Å². The predicted molar refractivity (Wildman–Crippen MR) is 106 cm³/mol. The molecular weight excluding hydrogens is 394 g/mol. The van der Waals surface area contributed by atoms with E-state index in [1.54, 1.807) is 38.6 Å². The highest BCUT2D eigenvalue weighted by Gasteiger charge is 2.36. The molecule has 9 nitrogen and oxygen atoms in total. The zero-order valence-electron chi connectivity index (χ0n) is 15.9. The second-order valence-electron chi connectivity index (χ2n) is 6.32. The Morgan fingerprint density at radius 1 is 1.45 bits per heavy atom. The number of nitrogens with two attached hydrogens (primary N) is 1. The minimum absolute atomic E-state index is 0.0444. The number of rotatable bonds is 3. The largest absolute Gasteiger partial charge is 0.466 e. The van der Waals surface area contributed by atoms with Crippen LogP contribution in [0.3, 0.4) is 0 Å². The van der Waals surface area contributed by atoms with Crippen LogP contribution in [0.25, 0.3) is 17.5 Å². The molecule has 2 aromatic heterocycles. The van der Waals surface area contributed by atoms with Crippen LogP contribution in [0.15, 0.2) is 34.9 Å². The molecule has 0 aromatic carbocycles. The number of esters is 1. The van der Waals surface area contributed by atoms with E-state index >= 15 is 0 Å². The number of amides is 1. The van der Waals surface area contributed by atoms with Crippen molar-refractivity contribution in [2.75, 3.05) is 21.2 Å². The summed E-state index contributed by atoms with van der Waals surface area (Å²) in [5.41, 5.74) is 6.43. The van der Waals surface area contributed by atoms with E-state index in [0.717, 1.165) is 22.0 Å². The van der Waals surface area contributed by atoms with Crippen LogP contribution in [0.2, 0.25) is 0 Å². The summed E-state index contributed by atoms with van der Waals surface area (Å²) in [7, 11) is 4.33. The number of fused-ring (bicyclic) bond motifs is 1. The molecule has 0 fully saturated rings. The van der Waals surface area contributed by atoms with Crippen LogP contribution in [0.4, 0.5) is 0 Å². The summed E-state index contributed by atoms with van der Waals surface area (Å²) in [6, 6.07) is 5.45. The standard InChI is InChI=1S/C19H17N5O4S/c1-23(2)18(27)15-14(10-5-4-6-22-9-10)11(8-20)16(21)24-17(26)12(29-19(15)24)7-13(25)28-3/h4-7,9,14H,21H2,1-3H3. The van der Waals surface area contributed by atoms with Crippen LogP contribution < -0.4 is 20.5 Å². The van der Waals surface area contributed by atoms with E-state index in [-0.39, 0.29) is 26.2 Å². The fraction of sp³-hybridized carbons (Fsp3) is 0.211. The summed E-state index contributed by atoms with van der Waals surface area (Å²) in [5.74, 6) is -1.99. The maximum Gasteiger partial charge on any atom is 0.332 e. The van der Waals surface area contributed by atoms with Gasteiger partial charge in [0, 0.05) is 32.6 Å². The molecule has 1 aliphatic heterocycles. The molecule has 2 N–H and O–H groups in total.